The minimum Gasteiger partial charge on any atom is -0.507 e. The molecule has 31 heavy (non-hydrogen) atoms. The quantitative estimate of drug-likeness (QED) is 0.297. The first-order valence-corrected chi connectivity index (χ1v) is 10.4. The highest BCUT2D eigenvalue weighted by Gasteiger charge is 2.45. The van der Waals surface area contributed by atoms with E-state index in [9.17, 15) is 14.7 Å². The van der Waals surface area contributed by atoms with E-state index in [1.54, 1.807) is 24.3 Å². The molecule has 1 heterocycles. The van der Waals surface area contributed by atoms with Gasteiger partial charge in [0.15, 0.2) is 0 Å². The number of nitrogens with zero attached hydrogens (tertiary/aromatic N) is 1. The van der Waals surface area contributed by atoms with Crippen molar-refractivity contribution >= 4 is 17.4 Å². The third kappa shape index (κ3) is 4.97. The van der Waals surface area contributed by atoms with Crippen molar-refractivity contribution < 1.29 is 24.2 Å². The number of methoxy groups -OCH3 is 1. The van der Waals surface area contributed by atoms with Gasteiger partial charge in [-0.2, -0.15) is 0 Å². The van der Waals surface area contributed by atoms with Crippen molar-refractivity contribution in [3.63, 3.8) is 0 Å². The second kappa shape index (κ2) is 9.79. The van der Waals surface area contributed by atoms with Gasteiger partial charge in [-0.25, -0.2) is 0 Å². The Labute approximate surface area is 183 Å². The molecule has 1 saturated heterocycles. The summed E-state index contributed by atoms with van der Waals surface area (Å²) in [5, 5.41) is 11.1. The van der Waals surface area contributed by atoms with Crippen molar-refractivity contribution in [2.24, 2.45) is 0 Å². The number of carbonyl (C=O) groups excluding carboxylic acids is 2. The molecule has 3 rings (SSSR count). The molecule has 6 nitrogen and oxygen atoms in total. The van der Waals surface area contributed by atoms with Crippen molar-refractivity contribution in [2.45, 2.75) is 39.3 Å². The molecule has 0 bridgehead atoms. The van der Waals surface area contributed by atoms with Crippen LogP contribution in [0.3, 0.4) is 0 Å². The van der Waals surface area contributed by atoms with Gasteiger partial charge in [0, 0.05) is 18.7 Å². The van der Waals surface area contributed by atoms with Gasteiger partial charge >= 0.3 is 0 Å². The number of carbonyl (C=O) groups is 2. The normalized spacial score (nSPS) is 18.1. The number of aliphatic hydroxyl groups is 1. The monoisotopic (exact) mass is 423 g/mol. The van der Waals surface area contributed by atoms with Crippen LogP contribution in [0, 0.1) is 6.92 Å². The van der Waals surface area contributed by atoms with E-state index in [4.69, 9.17) is 9.47 Å². The van der Waals surface area contributed by atoms with Crippen LogP contribution >= 0.6 is 0 Å². The molecule has 0 aliphatic carbocycles. The number of Topliss-reactive ketones (excluding diaryl/α,β-unsaturated/α-hetero) is 1. The highest BCUT2D eigenvalue weighted by atomic mass is 16.5. The number of hydrogen-bond donors (Lipinski definition) is 1. The fraction of sp³-hybridized carbons (Fsp3) is 0.360. The number of hydrogen-bond acceptors (Lipinski definition) is 5. The summed E-state index contributed by atoms with van der Waals surface area (Å²) in [6, 6.07) is 13.8. The van der Waals surface area contributed by atoms with Gasteiger partial charge in [-0.3, -0.25) is 9.59 Å². The zero-order valence-corrected chi connectivity index (χ0v) is 18.4. The summed E-state index contributed by atoms with van der Waals surface area (Å²) < 4.78 is 10.8. The van der Waals surface area contributed by atoms with E-state index in [0.29, 0.717) is 30.9 Å². The van der Waals surface area contributed by atoms with E-state index < -0.39 is 17.7 Å². The predicted molar refractivity (Wildman–Crippen MR) is 119 cm³/mol. The summed E-state index contributed by atoms with van der Waals surface area (Å²) in [4.78, 5) is 27.5. The van der Waals surface area contributed by atoms with Crippen molar-refractivity contribution in [3.8, 4) is 5.75 Å². The summed E-state index contributed by atoms with van der Waals surface area (Å²) in [5.74, 6) is -0.949. The molecule has 0 saturated carbocycles. The first-order chi connectivity index (χ1) is 14.8. The number of ether oxygens (including phenoxy) is 2. The van der Waals surface area contributed by atoms with Gasteiger partial charge in [0.2, 0.25) is 0 Å². The fourth-order valence-electron chi connectivity index (χ4n) is 3.69. The third-order valence-corrected chi connectivity index (χ3v) is 5.27. The minimum atomic E-state index is -0.685. The molecule has 1 aliphatic heterocycles. The summed E-state index contributed by atoms with van der Waals surface area (Å²) in [5.41, 5.74) is 2.36. The van der Waals surface area contributed by atoms with Crippen LogP contribution in [0.25, 0.3) is 5.76 Å². The molecule has 6 heteroatoms. The Morgan fingerprint density at radius 2 is 1.84 bits per heavy atom. The first kappa shape index (κ1) is 22.6. The van der Waals surface area contributed by atoms with E-state index >= 15 is 0 Å². The lowest BCUT2D eigenvalue weighted by Gasteiger charge is -2.25. The lowest BCUT2D eigenvalue weighted by molar-refractivity contribution is -0.140. The number of rotatable bonds is 8. The summed E-state index contributed by atoms with van der Waals surface area (Å²) in [6.45, 7) is 6.71. The van der Waals surface area contributed by atoms with Crippen LogP contribution in [0.15, 0.2) is 54.1 Å². The molecule has 0 spiro atoms. The van der Waals surface area contributed by atoms with Gasteiger partial charge in [-0.05, 0) is 44.9 Å². The van der Waals surface area contributed by atoms with E-state index in [-0.39, 0.29) is 17.4 Å². The Kier molecular flexibility index (Phi) is 7.13. The van der Waals surface area contributed by atoms with Crippen molar-refractivity contribution in [3.05, 3.63) is 70.8 Å². The molecule has 0 aromatic heterocycles. The van der Waals surface area contributed by atoms with Crippen LogP contribution in [0.4, 0.5) is 0 Å². The topological polar surface area (TPSA) is 76.1 Å². The number of amides is 1. The van der Waals surface area contributed by atoms with Crippen LogP contribution < -0.4 is 4.74 Å². The Hall–Kier alpha value is -3.12. The smallest absolute Gasteiger partial charge is 0.295 e. The average molecular weight is 424 g/mol. The van der Waals surface area contributed by atoms with Gasteiger partial charge in [0.05, 0.1) is 24.8 Å². The zero-order chi connectivity index (χ0) is 22.5. The molecule has 1 N–H and O–H groups in total. The summed E-state index contributed by atoms with van der Waals surface area (Å²) >= 11 is 0. The van der Waals surface area contributed by atoms with E-state index in [2.05, 4.69) is 0 Å². The third-order valence-electron chi connectivity index (χ3n) is 5.27. The SMILES string of the molecule is COc1cccc(C(O)=C2C(=O)C(=O)N(CCCOC(C)C)[C@@H]2c2ccc(C)cc2)c1. The van der Waals surface area contributed by atoms with E-state index in [1.165, 1.54) is 12.0 Å². The Bertz CT molecular complexity index is 978. The van der Waals surface area contributed by atoms with Crippen LogP contribution in [-0.4, -0.2) is 48.1 Å². The Balaban J connectivity index is 2.03. The minimum absolute atomic E-state index is 0.0897. The van der Waals surface area contributed by atoms with Crippen LogP contribution in [-0.2, 0) is 14.3 Å². The lowest BCUT2D eigenvalue weighted by Crippen LogP contribution is -2.31. The summed E-state index contributed by atoms with van der Waals surface area (Å²) in [6.07, 6.45) is 0.684. The lowest BCUT2D eigenvalue weighted by atomic mass is 9.94. The van der Waals surface area contributed by atoms with Gasteiger partial charge in [0.25, 0.3) is 11.7 Å². The maximum atomic E-state index is 13.0. The second-order valence-corrected chi connectivity index (χ2v) is 7.91. The Morgan fingerprint density at radius 1 is 1.13 bits per heavy atom. The molecule has 1 amide bonds. The largest absolute Gasteiger partial charge is 0.507 e. The molecular formula is C25H29NO5. The molecule has 1 atom stereocenters. The van der Waals surface area contributed by atoms with Crippen LogP contribution in [0.5, 0.6) is 5.75 Å². The Morgan fingerprint density at radius 3 is 2.48 bits per heavy atom. The van der Waals surface area contributed by atoms with Crippen molar-refractivity contribution in [1.29, 1.82) is 0 Å². The zero-order valence-electron chi connectivity index (χ0n) is 18.4. The number of aryl methyl sites for hydroxylation is 1. The molecule has 2 aromatic carbocycles. The molecule has 1 fully saturated rings. The first-order valence-electron chi connectivity index (χ1n) is 10.4. The van der Waals surface area contributed by atoms with Crippen LogP contribution in [0.1, 0.15) is 43.0 Å². The molecule has 0 radical (unpaired) electrons. The number of ketones is 1. The average Bonchev–Trinajstić information content (AvgIpc) is 3.01. The van der Waals surface area contributed by atoms with Gasteiger partial charge in [0.1, 0.15) is 11.5 Å². The van der Waals surface area contributed by atoms with Crippen LogP contribution in [0.2, 0.25) is 0 Å². The summed E-state index contributed by atoms with van der Waals surface area (Å²) in [7, 11) is 1.53. The van der Waals surface area contributed by atoms with E-state index in [0.717, 1.165) is 11.1 Å². The maximum absolute atomic E-state index is 13.0. The molecule has 2 aromatic rings. The molecule has 1 aliphatic rings. The number of likely N-dealkylation sites (tertiary alicyclic amines) is 1. The highest BCUT2D eigenvalue weighted by Crippen LogP contribution is 2.39. The number of aliphatic hydroxyl groups excluding tert-OH is 1. The second-order valence-electron chi connectivity index (χ2n) is 7.91. The molecule has 0 unspecified atom stereocenters. The molecule has 164 valence electrons. The number of benzene rings is 2. The maximum Gasteiger partial charge on any atom is 0.295 e. The fourth-order valence-corrected chi connectivity index (χ4v) is 3.69. The molecular weight excluding hydrogens is 394 g/mol. The predicted octanol–water partition coefficient (Wildman–Crippen LogP) is 4.24. The van der Waals surface area contributed by atoms with Gasteiger partial charge < -0.3 is 19.5 Å². The van der Waals surface area contributed by atoms with Crippen molar-refractivity contribution in [2.75, 3.05) is 20.3 Å². The van der Waals surface area contributed by atoms with E-state index in [1.807, 2.05) is 45.0 Å². The van der Waals surface area contributed by atoms with Gasteiger partial charge in [-0.1, -0.05) is 42.0 Å². The highest BCUT2D eigenvalue weighted by molar-refractivity contribution is 6.46. The van der Waals surface area contributed by atoms with Gasteiger partial charge in [-0.15, -0.1) is 0 Å². The standard InChI is InChI=1S/C25H29NO5/c1-16(2)31-14-6-13-26-22(18-11-9-17(3)10-12-18)21(24(28)25(26)29)23(27)19-7-5-8-20(15-19)30-4/h5,7-12,15-16,22,27H,6,13-14H2,1-4H3/t22-/m1/s1. The van der Waals surface area contributed by atoms with Crippen molar-refractivity contribution in [1.82, 2.24) is 4.90 Å².